The summed E-state index contributed by atoms with van der Waals surface area (Å²) < 4.78 is 5.57. The van der Waals surface area contributed by atoms with Crippen molar-refractivity contribution in [3.05, 3.63) is 35.0 Å². The first-order chi connectivity index (χ1) is 14.8. The molecule has 3 aliphatic rings. The first-order valence-electron chi connectivity index (χ1n) is 11.1. The Hall–Kier alpha value is -2.09. The number of aryl methyl sites for hydroxylation is 2. The maximum atomic E-state index is 5.57. The number of piperazine rings is 1. The van der Waals surface area contributed by atoms with Crippen LogP contribution in [-0.4, -0.2) is 65.8 Å². The summed E-state index contributed by atoms with van der Waals surface area (Å²) in [4.78, 5) is 22.1. The second-order valence-electron chi connectivity index (χ2n) is 8.67. The summed E-state index contributed by atoms with van der Waals surface area (Å²) in [7, 11) is 0. The molecule has 0 amide bonds. The summed E-state index contributed by atoms with van der Waals surface area (Å²) in [6.07, 6.45) is 8.50. The standard InChI is InChI=1S/C23H27N5OS/c1-4-18-19(5-1)30-23-20(18)22(25-21(26-23)17-3-2-7-24-13-17)28-10-8-27(9-11-28)14-16-6-12-29-15-16/h2-3,7,13,16H,1,4-6,8-12,14-15H2. The largest absolute Gasteiger partial charge is 0.381 e. The Labute approximate surface area is 180 Å². The number of anilines is 1. The number of hydrogen-bond acceptors (Lipinski definition) is 7. The molecule has 5 heterocycles. The van der Waals surface area contributed by atoms with Gasteiger partial charge in [0.1, 0.15) is 10.6 Å². The Morgan fingerprint density at radius 1 is 1.13 bits per heavy atom. The van der Waals surface area contributed by atoms with Crippen molar-refractivity contribution in [2.24, 2.45) is 5.92 Å². The molecule has 2 fully saturated rings. The Kier molecular flexibility index (Phi) is 4.90. The molecule has 0 saturated carbocycles. The third kappa shape index (κ3) is 3.39. The Morgan fingerprint density at radius 3 is 2.87 bits per heavy atom. The van der Waals surface area contributed by atoms with Crippen LogP contribution >= 0.6 is 11.3 Å². The third-order valence-corrected chi connectivity index (χ3v) is 7.86. The first kappa shape index (κ1) is 18.7. The summed E-state index contributed by atoms with van der Waals surface area (Å²) in [5.74, 6) is 2.65. The van der Waals surface area contributed by atoms with Gasteiger partial charge in [-0.15, -0.1) is 11.3 Å². The van der Waals surface area contributed by atoms with Crippen molar-refractivity contribution in [1.29, 1.82) is 0 Å². The minimum absolute atomic E-state index is 0.708. The lowest BCUT2D eigenvalue weighted by Crippen LogP contribution is -2.48. The molecule has 0 bridgehead atoms. The molecule has 156 valence electrons. The monoisotopic (exact) mass is 421 g/mol. The average molecular weight is 422 g/mol. The summed E-state index contributed by atoms with van der Waals surface area (Å²) in [6.45, 7) is 7.27. The zero-order chi connectivity index (χ0) is 19.9. The zero-order valence-corrected chi connectivity index (χ0v) is 18.0. The van der Waals surface area contributed by atoms with Crippen molar-refractivity contribution < 1.29 is 4.74 Å². The van der Waals surface area contributed by atoms with Crippen molar-refractivity contribution in [3.63, 3.8) is 0 Å². The number of aromatic nitrogens is 3. The molecule has 1 unspecified atom stereocenters. The number of hydrogen-bond donors (Lipinski definition) is 0. The molecular weight excluding hydrogens is 394 g/mol. The van der Waals surface area contributed by atoms with Gasteiger partial charge in [-0.1, -0.05) is 0 Å². The number of nitrogens with zero attached hydrogens (tertiary/aromatic N) is 5. The number of thiophene rings is 1. The number of fused-ring (bicyclic) bond motifs is 3. The maximum Gasteiger partial charge on any atom is 0.164 e. The van der Waals surface area contributed by atoms with Crippen LogP contribution in [0.25, 0.3) is 21.6 Å². The van der Waals surface area contributed by atoms with E-state index in [1.165, 1.54) is 48.1 Å². The van der Waals surface area contributed by atoms with E-state index in [9.17, 15) is 0 Å². The van der Waals surface area contributed by atoms with Crippen LogP contribution in [0.15, 0.2) is 24.5 Å². The molecule has 3 aromatic heterocycles. The fraction of sp³-hybridized carbons (Fsp3) is 0.522. The highest BCUT2D eigenvalue weighted by molar-refractivity contribution is 7.19. The van der Waals surface area contributed by atoms with Gasteiger partial charge in [0.15, 0.2) is 5.82 Å². The van der Waals surface area contributed by atoms with Crippen LogP contribution in [0.1, 0.15) is 23.3 Å². The van der Waals surface area contributed by atoms with Crippen molar-refractivity contribution in [2.45, 2.75) is 25.7 Å². The van der Waals surface area contributed by atoms with E-state index in [-0.39, 0.29) is 0 Å². The van der Waals surface area contributed by atoms with Gasteiger partial charge in [0.05, 0.1) is 12.0 Å². The lowest BCUT2D eigenvalue weighted by molar-refractivity contribution is 0.164. The van der Waals surface area contributed by atoms with Crippen LogP contribution in [0.2, 0.25) is 0 Å². The molecule has 1 atom stereocenters. The van der Waals surface area contributed by atoms with E-state index in [4.69, 9.17) is 14.7 Å². The summed E-state index contributed by atoms with van der Waals surface area (Å²) >= 11 is 1.87. The quantitative estimate of drug-likeness (QED) is 0.644. The maximum absolute atomic E-state index is 5.57. The van der Waals surface area contributed by atoms with Crippen molar-refractivity contribution >= 4 is 27.4 Å². The van der Waals surface area contributed by atoms with E-state index < -0.39 is 0 Å². The Balaban J connectivity index is 1.32. The lowest BCUT2D eigenvalue weighted by Gasteiger charge is -2.36. The van der Waals surface area contributed by atoms with Gasteiger partial charge in [-0.2, -0.15) is 0 Å². The molecule has 2 saturated heterocycles. The van der Waals surface area contributed by atoms with Crippen LogP contribution in [0.5, 0.6) is 0 Å². The van der Waals surface area contributed by atoms with Crippen molar-refractivity contribution in [1.82, 2.24) is 19.9 Å². The van der Waals surface area contributed by atoms with Crippen LogP contribution in [0, 0.1) is 5.92 Å². The average Bonchev–Trinajstić information content (AvgIpc) is 3.52. The van der Waals surface area contributed by atoms with Gasteiger partial charge in [0.2, 0.25) is 0 Å². The molecule has 0 N–H and O–H groups in total. The van der Waals surface area contributed by atoms with E-state index in [0.29, 0.717) is 5.92 Å². The lowest BCUT2D eigenvalue weighted by atomic mass is 10.1. The van der Waals surface area contributed by atoms with Crippen LogP contribution in [0.3, 0.4) is 0 Å². The molecule has 0 radical (unpaired) electrons. The highest BCUT2D eigenvalue weighted by Gasteiger charge is 2.28. The molecule has 7 heteroatoms. The van der Waals surface area contributed by atoms with Gasteiger partial charge < -0.3 is 9.64 Å². The molecule has 2 aliphatic heterocycles. The summed E-state index contributed by atoms with van der Waals surface area (Å²) in [5, 5.41) is 1.32. The predicted octanol–water partition coefficient (Wildman–Crippen LogP) is 3.40. The van der Waals surface area contributed by atoms with Crippen molar-refractivity contribution in [2.75, 3.05) is 50.8 Å². The van der Waals surface area contributed by atoms with E-state index in [0.717, 1.165) is 61.4 Å². The SMILES string of the molecule is c1cncc(-c2nc(N3CCN(CC4CCOC4)CC3)c3c4c(sc3n2)CCC4)c1. The summed E-state index contributed by atoms with van der Waals surface area (Å²) in [5.41, 5.74) is 2.50. The van der Waals surface area contributed by atoms with Gasteiger partial charge in [0, 0.05) is 62.2 Å². The molecule has 1 aliphatic carbocycles. The van der Waals surface area contributed by atoms with E-state index >= 15 is 0 Å². The van der Waals surface area contributed by atoms with E-state index in [2.05, 4.69) is 20.9 Å². The van der Waals surface area contributed by atoms with Gasteiger partial charge in [-0.25, -0.2) is 9.97 Å². The Morgan fingerprint density at radius 2 is 2.07 bits per heavy atom. The molecule has 6 nitrogen and oxygen atoms in total. The number of rotatable bonds is 4. The highest BCUT2D eigenvalue weighted by Crippen LogP contribution is 2.41. The normalized spacial score (nSPS) is 22.1. The van der Waals surface area contributed by atoms with Crippen LogP contribution in [0.4, 0.5) is 5.82 Å². The first-order valence-corrected chi connectivity index (χ1v) is 11.9. The van der Waals surface area contributed by atoms with Gasteiger partial charge >= 0.3 is 0 Å². The second kappa shape index (κ2) is 7.87. The smallest absolute Gasteiger partial charge is 0.164 e. The topological polar surface area (TPSA) is 54.4 Å². The second-order valence-corrected chi connectivity index (χ2v) is 9.75. The van der Waals surface area contributed by atoms with Crippen LogP contribution < -0.4 is 4.90 Å². The third-order valence-electron chi connectivity index (χ3n) is 6.68. The number of ether oxygens (including phenoxy) is 1. The van der Waals surface area contributed by atoms with Gasteiger partial charge in [-0.3, -0.25) is 9.88 Å². The molecule has 0 aromatic carbocycles. The fourth-order valence-electron chi connectivity index (χ4n) is 5.06. The molecule has 30 heavy (non-hydrogen) atoms. The highest BCUT2D eigenvalue weighted by atomic mass is 32.1. The number of pyridine rings is 1. The zero-order valence-electron chi connectivity index (χ0n) is 17.2. The van der Waals surface area contributed by atoms with Crippen LogP contribution in [-0.2, 0) is 17.6 Å². The molecule has 6 rings (SSSR count). The van der Waals surface area contributed by atoms with E-state index in [1.807, 2.05) is 23.6 Å². The van der Waals surface area contributed by atoms with Gasteiger partial charge in [-0.05, 0) is 49.3 Å². The van der Waals surface area contributed by atoms with E-state index in [1.54, 1.807) is 6.20 Å². The minimum Gasteiger partial charge on any atom is -0.381 e. The molecule has 3 aromatic rings. The minimum atomic E-state index is 0.708. The van der Waals surface area contributed by atoms with Crippen molar-refractivity contribution in [3.8, 4) is 11.4 Å². The fourth-order valence-corrected chi connectivity index (χ4v) is 6.32. The Bertz CT molecular complexity index is 1040. The molecule has 0 spiro atoms. The molecular formula is C23H27N5OS. The van der Waals surface area contributed by atoms with Gasteiger partial charge in [0.25, 0.3) is 0 Å². The summed E-state index contributed by atoms with van der Waals surface area (Å²) in [6, 6.07) is 4.02. The predicted molar refractivity (Wildman–Crippen MR) is 120 cm³/mol.